The van der Waals surface area contributed by atoms with Gasteiger partial charge >= 0.3 is 0 Å². The molecule has 3 unspecified atom stereocenters. The van der Waals surface area contributed by atoms with Gasteiger partial charge in [0.05, 0.1) is 13.1 Å². The van der Waals surface area contributed by atoms with Crippen LogP contribution in [0.3, 0.4) is 0 Å². The highest BCUT2D eigenvalue weighted by molar-refractivity contribution is 5.81. The van der Waals surface area contributed by atoms with Crippen LogP contribution in [0.15, 0.2) is 0 Å². The molecular weight excluding hydrogens is 244 g/mol. The van der Waals surface area contributed by atoms with Crippen LogP contribution in [-0.2, 0) is 4.79 Å². The monoisotopic (exact) mass is 271 g/mol. The zero-order valence-electron chi connectivity index (χ0n) is 11.9. The highest BCUT2D eigenvalue weighted by Gasteiger charge is 2.31. The minimum absolute atomic E-state index is 0.125. The molecule has 3 N–H and O–H groups in total. The number of hydrogen-bond acceptors (Lipinski definition) is 3. The molecule has 0 amide bonds. The van der Waals surface area contributed by atoms with E-state index in [1.54, 1.807) is 0 Å². The van der Waals surface area contributed by atoms with Gasteiger partial charge in [-0.15, -0.1) is 0 Å². The van der Waals surface area contributed by atoms with E-state index in [0.717, 1.165) is 31.8 Å². The molecular formula is C14H27N2O3+. The van der Waals surface area contributed by atoms with Gasteiger partial charge in [-0.1, -0.05) is 6.92 Å². The smallest absolute Gasteiger partial charge is 0.189 e. The first-order chi connectivity index (χ1) is 9.06. The number of carbonyl (C=O) groups excluding carboxylic acids is 1. The second-order valence-corrected chi connectivity index (χ2v) is 6.48. The van der Waals surface area contributed by atoms with Gasteiger partial charge in [-0.25, -0.2) is 10.4 Å². The predicted octanol–water partition coefficient (Wildman–Crippen LogP) is -0.799. The van der Waals surface area contributed by atoms with Gasteiger partial charge in [0.25, 0.3) is 0 Å². The maximum Gasteiger partial charge on any atom is 0.189 e. The van der Waals surface area contributed by atoms with E-state index in [-0.39, 0.29) is 12.0 Å². The van der Waals surface area contributed by atoms with Crippen LogP contribution in [0.2, 0.25) is 0 Å². The van der Waals surface area contributed by atoms with Crippen molar-refractivity contribution in [2.24, 2.45) is 11.8 Å². The molecule has 19 heavy (non-hydrogen) atoms. The van der Waals surface area contributed by atoms with Gasteiger partial charge in [0.15, 0.2) is 5.78 Å². The molecule has 0 spiro atoms. The molecule has 0 aromatic carbocycles. The number of carbonyl (C=O) groups is 1. The van der Waals surface area contributed by atoms with E-state index < -0.39 is 5.23 Å². The SMILES string of the molecule is CC1CCC[NH+](CC(=O)C2CCC([NH+]([O-])O)CC2)C1. The zero-order chi connectivity index (χ0) is 13.8. The lowest BCUT2D eigenvalue weighted by molar-refractivity contribution is -1.07. The van der Waals surface area contributed by atoms with Gasteiger partial charge in [-0.3, -0.25) is 4.79 Å². The Morgan fingerprint density at radius 3 is 2.58 bits per heavy atom. The number of Topliss-reactive ketones (excluding diaryl/α,β-unsaturated/α-hetero) is 1. The minimum Gasteiger partial charge on any atom is -0.600 e. The van der Waals surface area contributed by atoms with E-state index in [2.05, 4.69) is 6.92 Å². The van der Waals surface area contributed by atoms with Crippen LogP contribution < -0.4 is 10.1 Å². The normalized spacial score (nSPS) is 37.8. The quantitative estimate of drug-likeness (QED) is 0.587. The van der Waals surface area contributed by atoms with Gasteiger partial charge in [0.1, 0.15) is 12.6 Å². The van der Waals surface area contributed by atoms with E-state index in [1.807, 2.05) is 0 Å². The molecule has 0 aromatic heterocycles. The fourth-order valence-corrected chi connectivity index (χ4v) is 3.61. The average molecular weight is 271 g/mol. The van der Waals surface area contributed by atoms with Gasteiger partial charge in [-0.05, 0) is 25.7 Å². The van der Waals surface area contributed by atoms with Gasteiger partial charge in [0.2, 0.25) is 0 Å². The molecule has 110 valence electrons. The molecule has 3 atom stereocenters. The Balaban J connectivity index is 1.75. The highest BCUT2D eigenvalue weighted by Crippen LogP contribution is 2.23. The van der Waals surface area contributed by atoms with E-state index >= 15 is 0 Å². The number of hydroxylamine groups is 2. The van der Waals surface area contributed by atoms with Crippen molar-refractivity contribution >= 4 is 5.78 Å². The summed E-state index contributed by atoms with van der Waals surface area (Å²) in [6.45, 7) is 5.17. The summed E-state index contributed by atoms with van der Waals surface area (Å²) in [5.74, 6) is 1.23. The van der Waals surface area contributed by atoms with Crippen LogP contribution in [0.5, 0.6) is 0 Å². The standard InChI is InChI=1S/C14H26N2O3/c1-11-3-2-8-15(9-11)10-14(17)12-4-6-13(7-5-12)16(18)19/h11-13,16,18H,2-10H2,1H3/p+1. The Morgan fingerprint density at radius 1 is 1.32 bits per heavy atom. The summed E-state index contributed by atoms with van der Waals surface area (Å²) >= 11 is 0. The second-order valence-electron chi connectivity index (χ2n) is 6.48. The summed E-state index contributed by atoms with van der Waals surface area (Å²) in [6.07, 6.45) is 5.43. The fourth-order valence-electron chi connectivity index (χ4n) is 3.61. The summed E-state index contributed by atoms with van der Waals surface area (Å²) in [6, 6.07) is -0.216. The maximum atomic E-state index is 12.3. The van der Waals surface area contributed by atoms with Crippen LogP contribution in [0.1, 0.15) is 45.4 Å². The molecule has 0 bridgehead atoms. The summed E-state index contributed by atoms with van der Waals surface area (Å²) in [5, 5.41) is 19.2. The third-order valence-electron chi connectivity index (χ3n) is 4.82. The zero-order valence-corrected chi connectivity index (χ0v) is 11.9. The third kappa shape index (κ3) is 4.24. The molecule has 1 saturated heterocycles. The van der Waals surface area contributed by atoms with E-state index in [0.29, 0.717) is 25.2 Å². The Bertz CT molecular complexity index is 301. The average Bonchev–Trinajstić information content (AvgIpc) is 2.39. The Labute approximate surface area is 115 Å². The summed E-state index contributed by atoms with van der Waals surface area (Å²) in [4.78, 5) is 13.7. The molecule has 2 rings (SSSR count). The molecule has 5 heteroatoms. The molecule has 5 nitrogen and oxygen atoms in total. The molecule has 0 radical (unpaired) electrons. The summed E-state index contributed by atoms with van der Waals surface area (Å²) in [5.41, 5.74) is 0. The van der Waals surface area contributed by atoms with E-state index in [4.69, 9.17) is 5.21 Å². The number of piperidine rings is 1. The Hall–Kier alpha value is -0.490. The van der Waals surface area contributed by atoms with Crippen LogP contribution in [0.25, 0.3) is 0 Å². The molecule has 1 aliphatic carbocycles. The van der Waals surface area contributed by atoms with Crippen molar-refractivity contribution in [1.82, 2.24) is 0 Å². The highest BCUT2D eigenvalue weighted by atomic mass is 16.8. The van der Waals surface area contributed by atoms with Crippen molar-refractivity contribution in [1.29, 1.82) is 0 Å². The van der Waals surface area contributed by atoms with Crippen molar-refractivity contribution in [2.75, 3.05) is 19.6 Å². The Kier molecular flexibility index (Phi) is 5.33. The molecule has 1 heterocycles. The number of ketones is 1. The molecule has 2 fully saturated rings. The largest absolute Gasteiger partial charge is 0.600 e. The number of rotatable bonds is 4. The molecule has 1 aliphatic heterocycles. The Morgan fingerprint density at radius 2 is 2.00 bits per heavy atom. The fraction of sp³-hybridized carbons (Fsp3) is 0.929. The molecule has 0 aromatic rings. The predicted molar refractivity (Wildman–Crippen MR) is 70.8 cm³/mol. The van der Waals surface area contributed by atoms with Gasteiger partial charge in [0, 0.05) is 24.7 Å². The first kappa shape index (κ1) is 14.9. The number of quaternary nitrogens is 2. The first-order valence-corrected chi connectivity index (χ1v) is 7.65. The second kappa shape index (κ2) is 6.79. The van der Waals surface area contributed by atoms with Crippen molar-refractivity contribution < 1.29 is 20.1 Å². The van der Waals surface area contributed by atoms with Crippen molar-refractivity contribution in [2.45, 2.75) is 51.5 Å². The van der Waals surface area contributed by atoms with Gasteiger partial charge in [-0.2, -0.15) is 0 Å². The number of hydrogen-bond donors (Lipinski definition) is 3. The van der Waals surface area contributed by atoms with Crippen molar-refractivity contribution in [3.8, 4) is 0 Å². The van der Waals surface area contributed by atoms with Crippen LogP contribution in [-0.4, -0.2) is 36.7 Å². The first-order valence-electron chi connectivity index (χ1n) is 7.65. The number of nitrogens with one attached hydrogen (secondary N) is 2. The third-order valence-corrected chi connectivity index (χ3v) is 4.82. The van der Waals surface area contributed by atoms with Crippen LogP contribution in [0, 0.1) is 17.0 Å². The van der Waals surface area contributed by atoms with Crippen molar-refractivity contribution in [3.05, 3.63) is 5.21 Å². The summed E-state index contributed by atoms with van der Waals surface area (Å²) < 4.78 is 0. The lowest BCUT2D eigenvalue weighted by atomic mass is 9.83. The maximum absolute atomic E-state index is 12.3. The summed E-state index contributed by atoms with van der Waals surface area (Å²) in [7, 11) is 0. The van der Waals surface area contributed by atoms with Crippen LogP contribution in [0.4, 0.5) is 0 Å². The van der Waals surface area contributed by atoms with Crippen LogP contribution >= 0.6 is 0 Å². The van der Waals surface area contributed by atoms with Gasteiger partial charge < -0.3 is 10.1 Å². The van der Waals surface area contributed by atoms with E-state index in [1.165, 1.54) is 17.7 Å². The lowest BCUT2D eigenvalue weighted by Crippen LogP contribution is -3.14. The van der Waals surface area contributed by atoms with Crippen molar-refractivity contribution in [3.63, 3.8) is 0 Å². The number of likely N-dealkylation sites (tertiary alicyclic amines) is 1. The van der Waals surface area contributed by atoms with E-state index in [9.17, 15) is 10.0 Å². The minimum atomic E-state index is -0.693. The molecule has 2 aliphatic rings. The topological polar surface area (TPSA) is 69.2 Å². The molecule has 1 saturated carbocycles. The lowest BCUT2D eigenvalue weighted by Gasteiger charge is -2.32.